The second-order valence-electron chi connectivity index (χ2n) is 8.42. The zero-order valence-electron chi connectivity index (χ0n) is 18.6. The molecule has 8 heteroatoms. The molecule has 6 rings (SSSR count). The van der Waals surface area contributed by atoms with Crippen molar-refractivity contribution in [1.29, 1.82) is 0 Å². The van der Waals surface area contributed by atoms with Crippen molar-refractivity contribution in [2.24, 2.45) is 7.05 Å². The fourth-order valence-corrected chi connectivity index (χ4v) is 4.75. The van der Waals surface area contributed by atoms with Crippen molar-refractivity contribution >= 4 is 39.6 Å². The van der Waals surface area contributed by atoms with Gasteiger partial charge in [-0.25, -0.2) is 9.50 Å². The molecule has 1 N–H and O–H groups in total. The van der Waals surface area contributed by atoms with E-state index in [4.69, 9.17) is 23.2 Å². The van der Waals surface area contributed by atoms with Gasteiger partial charge < -0.3 is 9.67 Å². The third kappa shape index (κ3) is 3.76. The quantitative estimate of drug-likeness (QED) is 0.307. The highest BCUT2D eigenvalue weighted by Crippen LogP contribution is 2.36. The molecule has 35 heavy (non-hydrogen) atoms. The average molecular weight is 500 g/mol. The van der Waals surface area contributed by atoms with E-state index in [1.165, 1.54) is 0 Å². The van der Waals surface area contributed by atoms with Crippen LogP contribution in [-0.4, -0.2) is 29.5 Å². The highest BCUT2D eigenvalue weighted by Gasteiger charge is 2.19. The number of imidazole rings is 1. The number of pyridine rings is 1. The molecule has 3 heterocycles. The van der Waals surface area contributed by atoms with E-state index in [0.29, 0.717) is 10.0 Å². The maximum absolute atomic E-state index is 11.1. The predicted molar refractivity (Wildman–Crippen MR) is 139 cm³/mol. The van der Waals surface area contributed by atoms with Crippen LogP contribution in [0.15, 0.2) is 85.3 Å². The fraction of sp³-hybridized carbons (Fsp3) is 0.0741. The van der Waals surface area contributed by atoms with E-state index in [2.05, 4.69) is 21.4 Å². The van der Waals surface area contributed by atoms with Crippen molar-refractivity contribution in [3.63, 3.8) is 0 Å². The number of hydrogen-bond donors (Lipinski definition) is 1. The van der Waals surface area contributed by atoms with E-state index in [1.54, 1.807) is 24.7 Å². The Kier molecular flexibility index (Phi) is 5.29. The second kappa shape index (κ2) is 8.50. The summed E-state index contributed by atoms with van der Waals surface area (Å²) in [5.41, 5.74) is 6.76. The van der Waals surface area contributed by atoms with E-state index in [-0.39, 0.29) is 0 Å². The molecule has 6 aromatic rings. The summed E-state index contributed by atoms with van der Waals surface area (Å²) in [5, 5.41) is 22.2. The summed E-state index contributed by atoms with van der Waals surface area (Å²) in [7, 11) is 1.93. The number of halogens is 2. The summed E-state index contributed by atoms with van der Waals surface area (Å²) < 4.78 is 3.74. The van der Waals surface area contributed by atoms with E-state index >= 15 is 0 Å². The van der Waals surface area contributed by atoms with Crippen molar-refractivity contribution in [3.8, 4) is 22.5 Å². The van der Waals surface area contributed by atoms with Gasteiger partial charge in [0.25, 0.3) is 0 Å². The van der Waals surface area contributed by atoms with Gasteiger partial charge in [0.2, 0.25) is 0 Å². The molecule has 0 aliphatic heterocycles. The topological polar surface area (TPSA) is 68.2 Å². The molecule has 3 aromatic heterocycles. The van der Waals surface area contributed by atoms with Crippen LogP contribution in [0, 0.1) is 0 Å². The number of aliphatic hydroxyl groups excluding tert-OH is 1. The Morgan fingerprint density at radius 2 is 1.66 bits per heavy atom. The van der Waals surface area contributed by atoms with Crippen LogP contribution < -0.4 is 0 Å². The molecule has 172 valence electrons. The predicted octanol–water partition coefficient (Wildman–Crippen LogP) is 6.34. The van der Waals surface area contributed by atoms with Crippen molar-refractivity contribution in [2.45, 2.75) is 6.10 Å². The van der Waals surface area contributed by atoms with Gasteiger partial charge in [0, 0.05) is 22.5 Å². The molecule has 1 unspecified atom stereocenters. The first kappa shape index (κ1) is 21.8. The lowest BCUT2D eigenvalue weighted by Crippen LogP contribution is -2.01. The number of nitrogens with zero attached hydrogens (tertiary/aromatic N) is 5. The monoisotopic (exact) mass is 499 g/mol. The summed E-state index contributed by atoms with van der Waals surface area (Å²) in [5.74, 6) is 0. The van der Waals surface area contributed by atoms with Crippen LogP contribution >= 0.6 is 23.2 Å². The van der Waals surface area contributed by atoms with E-state index in [9.17, 15) is 5.11 Å². The summed E-state index contributed by atoms with van der Waals surface area (Å²) in [4.78, 5) is 4.24. The van der Waals surface area contributed by atoms with Crippen molar-refractivity contribution < 1.29 is 5.11 Å². The smallest absolute Gasteiger partial charge is 0.138 e. The molecule has 0 bridgehead atoms. The molecule has 0 saturated heterocycles. The molecular weight excluding hydrogens is 481 g/mol. The molecule has 0 aliphatic carbocycles. The third-order valence-corrected chi connectivity index (χ3v) is 6.71. The SMILES string of the molecule is Cn1cncc1-c1nnn2c1cc(-c1cccc(Cl)c1)c1cc(C(O)c3ccc(Cl)cc3)ccc12. The lowest BCUT2D eigenvalue weighted by molar-refractivity contribution is 0.220. The number of aromatic nitrogens is 5. The van der Waals surface area contributed by atoms with Crippen LogP contribution in [0.25, 0.3) is 38.9 Å². The summed E-state index contributed by atoms with van der Waals surface area (Å²) >= 11 is 12.4. The van der Waals surface area contributed by atoms with Gasteiger partial charge in [0.1, 0.15) is 11.8 Å². The van der Waals surface area contributed by atoms with Crippen LogP contribution in [-0.2, 0) is 7.05 Å². The van der Waals surface area contributed by atoms with Gasteiger partial charge in [-0.2, -0.15) is 0 Å². The van der Waals surface area contributed by atoms with Gasteiger partial charge >= 0.3 is 0 Å². The molecular formula is C27H19Cl2N5O. The van der Waals surface area contributed by atoms with Gasteiger partial charge in [-0.1, -0.05) is 58.7 Å². The second-order valence-corrected chi connectivity index (χ2v) is 9.30. The highest BCUT2D eigenvalue weighted by atomic mass is 35.5. The zero-order valence-corrected chi connectivity index (χ0v) is 20.1. The van der Waals surface area contributed by atoms with Crippen LogP contribution in [0.2, 0.25) is 10.0 Å². The minimum Gasteiger partial charge on any atom is -0.384 e. The number of benzene rings is 3. The molecule has 6 nitrogen and oxygen atoms in total. The lowest BCUT2D eigenvalue weighted by Gasteiger charge is -2.15. The first-order chi connectivity index (χ1) is 17.0. The fourth-order valence-electron chi connectivity index (χ4n) is 4.44. The van der Waals surface area contributed by atoms with Gasteiger partial charge in [0.15, 0.2) is 0 Å². The first-order valence-corrected chi connectivity index (χ1v) is 11.7. The minimum absolute atomic E-state index is 0.625. The lowest BCUT2D eigenvalue weighted by atomic mass is 9.95. The summed E-state index contributed by atoms with van der Waals surface area (Å²) in [6.07, 6.45) is 2.71. The Balaban J connectivity index is 1.62. The van der Waals surface area contributed by atoms with Gasteiger partial charge in [-0.3, -0.25) is 0 Å². The molecule has 0 aliphatic rings. The van der Waals surface area contributed by atoms with Crippen LogP contribution in [0.5, 0.6) is 0 Å². The maximum atomic E-state index is 11.1. The number of aryl methyl sites for hydroxylation is 1. The van der Waals surface area contributed by atoms with Crippen LogP contribution in [0.4, 0.5) is 0 Å². The Morgan fingerprint density at radius 3 is 2.40 bits per heavy atom. The van der Waals surface area contributed by atoms with Gasteiger partial charge in [0.05, 0.1) is 29.3 Å². The van der Waals surface area contributed by atoms with Crippen molar-refractivity contribution in [1.82, 2.24) is 24.4 Å². The Labute approximate surface area is 211 Å². The third-order valence-electron chi connectivity index (χ3n) is 6.22. The number of aliphatic hydroxyl groups is 1. The summed E-state index contributed by atoms with van der Waals surface area (Å²) in [6.45, 7) is 0. The Hall–Kier alpha value is -3.71. The average Bonchev–Trinajstić information content (AvgIpc) is 3.48. The number of fused-ring (bicyclic) bond motifs is 3. The number of hydrogen-bond acceptors (Lipinski definition) is 4. The Morgan fingerprint density at radius 1 is 0.857 bits per heavy atom. The standard InChI is InChI=1S/C27H19Cl2N5O/c1-33-15-30-14-25(33)26-24-13-21(17-3-2-4-20(29)11-17)22-12-18(7-10-23(22)34(24)32-31-26)27(35)16-5-8-19(28)9-6-16/h2-15,27,35H,1H3. The van der Waals surface area contributed by atoms with Crippen molar-refractivity contribution in [2.75, 3.05) is 0 Å². The normalized spacial score (nSPS) is 12.5. The van der Waals surface area contributed by atoms with Crippen LogP contribution in [0.1, 0.15) is 17.2 Å². The zero-order chi connectivity index (χ0) is 24.1. The van der Waals surface area contributed by atoms with E-state index in [1.807, 2.05) is 70.7 Å². The molecule has 3 aromatic carbocycles. The molecule has 0 fully saturated rings. The number of rotatable bonds is 4. The first-order valence-electron chi connectivity index (χ1n) is 11.0. The Bertz CT molecular complexity index is 1710. The van der Waals surface area contributed by atoms with Gasteiger partial charge in [-0.15, -0.1) is 5.10 Å². The van der Waals surface area contributed by atoms with E-state index in [0.717, 1.165) is 50.1 Å². The molecule has 0 amide bonds. The maximum Gasteiger partial charge on any atom is 0.138 e. The van der Waals surface area contributed by atoms with Gasteiger partial charge in [-0.05, 0) is 64.7 Å². The minimum atomic E-state index is -0.805. The van der Waals surface area contributed by atoms with E-state index < -0.39 is 6.10 Å². The van der Waals surface area contributed by atoms with Crippen LogP contribution in [0.3, 0.4) is 0 Å². The highest BCUT2D eigenvalue weighted by molar-refractivity contribution is 6.31. The largest absolute Gasteiger partial charge is 0.384 e. The molecule has 1 atom stereocenters. The molecule has 0 radical (unpaired) electrons. The molecule has 0 spiro atoms. The van der Waals surface area contributed by atoms with Crippen molar-refractivity contribution in [3.05, 3.63) is 106 Å². The summed E-state index contributed by atoms with van der Waals surface area (Å²) in [6, 6.07) is 22.9. The molecule has 0 saturated carbocycles.